The van der Waals surface area contributed by atoms with Crippen molar-refractivity contribution in [1.29, 1.82) is 0 Å². The summed E-state index contributed by atoms with van der Waals surface area (Å²) in [5, 5.41) is 14.7. The summed E-state index contributed by atoms with van der Waals surface area (Å²) in [5.74, 6) is -0.429. The number of rotatable bonds is 4. The second kappa shape index (κ2) is 7.97. The number of amides is 1. The molecule has 3 aromatic rings. The highest BCUT2D eigenvalue weighted by atomic mass is 19.1. The number of hydrogen-bond acceptors (Lipinski definition) is 4. The molecule has 0 radical (unpaired) electrons. The number of carbonyl (C=O) groups excluding carboxylic acids is 1. The van der Waals surface area contributed by atoms with Crippen molar-refractivity contribution in [2.45, 2.75) is 19.5 Å². The Morgan fingerprint density at radius 2 is 1.93 bits per heavy atom. The molecule has 0 aliphatic carbocycles. The zero-order valence-corrected chi connectivity index (χ0v) is 16.0. The van der Waals surface area contributed by atoms with E-state index in [0.717, 1.165) is 22.4 Å². The molecule has 0 saturated heterocycles. The molecule has 1 aliphatic heterocycles. The number of benzene rings is 1. The van der Waals surface area contributed by atoms with Crippen LogP contribution in [0.3, 0.4) is 0 Å². The topological polar surface area (TPSA) is 71.2 Å². The number of nitrogens with zero attached hydrogens (tertiary/aromatic N) is 4. The van der Waals surface area contributed by atoms with Crippen molar-refractivity contribution in [3.63, 3.8) is 0 Å². The normalized spacial score (nSPS) is 16.2. The van der Waals surface area contributed by atoms with E-state index in [1.165, 1.54) is 18.2 Å². The lowest BCUT2D eigenvalue weighted by Crippen LogP contribution is -2.42. The fourth-order valence-electron chi connectivity index (χ4n) is 3.68. The summed E-state index contributed by atoms with van der Waals surface area (Å²) in [5.41, 5.74) is 4.04. The van der Waals surface area contributed by atoms with Crippen molar-refractivity contribution in [2.75, 3.05) is 13.2 Å². The first-order chi connectivity index (χ1) is 14.1. The highest BCUT2D eigenvalue weighted by Gasteiger charge is 2.32. The van der Waals surface area contributed by atoms with E-state index in [2.05, 4.69) is 4.98 Å². The predicted molar refractivity (Wildman–Crippen MR) is 107 cm³/mol. The summed E-state index contributed by atoms with van der Waals surface area (Å²) in [6, 6.07) is 9.57. The number of aliphatic hydroxyl groups is 1. The third-order valence-corrected chi connectivity index (χ3v) is 5.05. The Labute approximate surface area is 167 Å². The first-order valence-corrected chi connectivity index (χ1v) is 9.42. The van der Waals surface area contributed by atoms with Gasteiger partial charge >= 0.3 is 0 Å². The van der Waals surface area contributed by atoms with E-state index in [1.807, 2.05) is 12.1 Å². The van der Waals surface area contributed by atoms with Crippen LogP contribution in [-0.2, 0) is 11.3 Å². The van der Waals surface area contributed by atoms with Crippen molar-refractivity contribution < 1.29 is 14.3 Å². The van der Waals surface area contributed by atoms with E-state index in [0.29, 0.717) is 18.8 Å². The summed E-state index contributed by atoms with van der Waals surface area (Å²) in [6.07, 6.45) is 6.62. The SMILES string of the molecule is CC=CC(=O)N1Cc2c(-c3ccncc3)c(-c3ccc(F)cc3)nn2C(CO)C1. The van der Waals surface area contributed by atoms with Gasteiger partial charge in [0.25, 0.3) is 0 Å². The fraction of sp³-hybridized carbons (Fsp3) is 0.227. The second-order valence-corrected chi connectivity index (χ2v) is 6.91. The molecule has 6 nitrogen and oxygen atoms in total. The number of carbonyl (C=O) groups is 1. The molecule has 3 heterocycles. The van der Waals surface area contributed by atoms with Gasteiger partial charge in [-0.1, -0.05) is 6.08 Å². The molecule has 0 fully saturated rings. The lowest BCUT2D eigenvalue weighted by atomic mass is 9.98. The first kappa shape index (κ1) is 19.0. The minimum Gasteiger partial charge on any atom is -0.394 e. The van der Waals surface area contributed by atoms with Gasteiger partial charge in [-0.25, -0.2) is 4.39 Å². The number of allylic oxidation sites excluding steroid dienone is 1. The smallest absolute Gasteiger partial charge is 0.246 e. The minimum atomic E-state index is -0.359. The molecule has 7 heteroatoms. The van der Waals surface area contributed by atoms with Crippen LogP contribution in [0.15, 0.2) is 60.9 Å². The molecule has 0 bridgehead atoms. The Morgan fingerprint density at radius 3 is 2.59 bits per heavy atom. The third-order valence-electron chi connectivity index (χ3n) is 5.05. The van der Waals surface area contributed by atoms with E-state index in [9.17, 15) is 14.3 Å². The number of aromatic nitrogens is 3. The molecule has 148 valence electrons. The molecule has 0 saturated carbocycles. The van der Waals surface area contributed by atoms with E-state index in [4.69, 9.17) is 5.10 Å². The summed E-state index contributed by atoms with van der Waals surface area (Å²) in [4.78, 5) is 18.3. The van der Waals surface area contributed by atoms with Crippen molar-refractivity contribution in [2.24, 2.45) is 0 Å². The molecule has 0 spiro atoms. The van der Waals surface area contributed by atoms with Gasteiger partial charge in [0, 0.05) is 30.1 Å². The first-order valence-electron chi connectivity index (χ1n) is 9.42. The van der Waals surface area contributed by atoms with Gasteiger partial charge in [0.1, 0.15) is 11.5 Å². The Balaban J connectivity index is 1.91. The number of aliphatic hydroxyl groups excluding tert-OH is 1. The lowest BCUT2D eigenvalue weighted by Gasteiger charge is -2.33. The van der Waals surface area contributed by atoms with E-state index < -0.39 is 0 Å². The summed E-state index contributed by atoms with van der Waals surface area (Å²) >= 11 is 0. The summed E-state index contributed by atoms with van der Waals surface area (Å²) in [6.45, 7) is 2.39. The van der Waals surface area contributed by atoms with Gasteiger partial charge in [-0.2, -0.15) is 5.10 Å². The van der Waals surface area contributed by atoms with Crippen LogP contribution in [0, 0.1) is 5.82 Å². The molecular weight excluding hydrogens is 371 g/mol. The number of halogens is 1. The van der Waals surface area contributed by atoms with Crippen LogP contribution < -0.4 is 0 Å². The molecule has 1 atom stereocenters. The number of pyridine rings is 1. The van der Waals surface area contributed by atoms with Gasteiger partial charge < -0.3 is 10.0 Å². The quantitative estimate of drug-likeness (QED) is 0.692. The van der Waals surface area contributed by atoms with Crippen LogP contribution >= 0.6 is 0 Å². The molecular formula is C22H21FN4O2. The summed E-state index contributed by atoms with van der Waals surface area (Å²) < 4.78 is 15.3. The standard InChI is InChI=1S/C22H21FN4O2/c1-2-3-20(29)26-12-18(14-28)27-19(13-26)21(15-8-10-24-11-9-15)22(25-27)16-4-6-17(23)7-5-16/h2-11,18,28H,12-14H2,1H3. The molecule has 1 N–H and O–H groups in total. The lowest BCUT2D eigenvalue weighted by molar-refractivity contribution is -0.128. The van der Waals surface area contributed by atoms with Crippen molar-refractivity contribution in [3.8, 4) is 22.4 Å². The van der Waals surface area contributed by atoms with Gasteiger partial charge in [0.15, 0.2) is 0 Å². The minimum absolute atomic E-state index is 0.109. The molecule has 29 heavy (non-hydrogen) atoms. The monoisotopic (exact) mass is 392 g/mol. The molecule has 1 aliphatic rings. The Bertz CT molecular complexity index is 1040. The van der Waals surface area contributed by atoms with Crippen LogP contribution in [0.25, 0.3) is 22.4 Å². The second-order valence-electron chi connectivity index (χ2n) is 6.91. The maximum Gasteiger partial charge on any atom is 0.246 e. The highest BCUT2D eigenvalue weighted by molar-refractivity contribution is 5.88. The Morgan fingerprint density at radius 1 is 1.21 bits per heavy atom. The molecule has 4 rings (SSSR count). The van der Waals surface area contributed by atoms with Gasteiger partial charge in [-0.3, -0.25) is 14.5 Å². The fourth-order valence-corrected chi connectivity index (χ4v) is 3.68. The summed E-state index contributed by atoms with van der Waals surface area (Å²) in [7, 11) is 0. The van der Waals surface area contributed by atoms with E-state index >= 15 is 0 Å². The predicted octanol–water partition coefficient (Wildman–Crippen LogP) is 3.20. The number of fused-ring (bicyclic) bond motifs is 1. The molecule has 2 aromatic heterocycles. The third kappa shape index (κ3) is 3.56. The highest BCUT2D eigenvalue weighted by Crippen LogP contribution is 2.38. The largest absolute Gasteiger partial charge is 0.394 e. The van der Waals surface area contributed by atoms with Crippen LogP contribution in [0.2, 0.25) is 0 Å². The van der Waals surface area contributed by atoms with Gasteiger partial charge in [-0.15, -0.1) is 0 Å². The average molecular weight is 392 g/mol. The van der Waals surface area contributed by atoms with Crippen molar-refractivity contribution in [3.05, 3.63) is 72.5 Å². The number of hydrogen-bond donors (Lipinski definition) is 1. The zero-order valence-electron chi connectivity index (χ0n) is 16.0. The van der Waals surface area contributed by atoms with Crippen LogP contribution in [0.4, 0.5) is 4.39 Å². The van der Waals surface area contributed by atoms with Crippen LogP contribution in [0.5, 0.6) is 0 Å². The Hall–Kier alpha value is -3.32. The maximum absolute atomic E-state index is 13.5. The van der Waals surface area contributed by atoms with Crippen molar-refractivity contribution >= 4 is 5.91 Å². The molecule has 1 unspecified atom stereocenters. The van der Waals surface area contributed by atoms with Gasteiger partial charge in [-0.05, 0) is 55.0 Å². The van der Waals surface area contributed by atoms with Crippen LogP contribution in [0.1, 0.15) is 18.7 Å². The zero-order chi connectivity index (χ0) is 20.4. The molecule has 1 amide bonds. The van der Waals surface area contributed by atoms with E-state index in [-0.39, 0.29) is 24.4 Å². The average Bonchev–Trinajstić information content (AvgIpc) is 3.14. The Kier molecular flexibility index (Phi) is 5.22. The van der Waals surface area contributed by atoms with E-state index in [1.54, 1.807) is 47.1 Å². The van der Waals surface area contributed by atoms with Crippen LogP contribution in [-0.4, -0.2) is 43.8 Å². The van der Waals surface area contributed by atoms with Gasteiger partial charge in [0.05, 0.1) is 24.9 Å². The van der Waals surface area contributed by atoms with Gasteiger partial charge in [0.2, 0.25) is 5.91 Å². The molecule has 1 aromatic carbocycles. The maximum atomic E-state index is 13.5. The van der Waals surface area contributed by atoms with Crippen molar-refractivity contribution in [1.82, 2.24) is 19.7 Å².